The van der Waals surface area contributed by atoms with E-state index in [9.17, 15) is 4.79 Å². The zero-order chi connectivity index (χ0) is 13.2. The van der Waals surface area contributed by atoms with E-state index in [0.717, 1.165) is 11.3 Å². The number of aromatic nitrogens is 1. The first-order valence-electron chi connectivity index (χ1n) is 5.58. The molecule has 0 spiro atoms. The fourth-order valence-electron chi connectivity index (χ4n) is 1.63. The lowest BCUT2D eigenvalue weighted by atomic mass is 9.77. The number of ketones is 1. The van der Waals surface area contributed by atoms with Crippen LogP contribution in [0.4, 0.5) is 0 Å². The summed E-state index contributed by atoms with van der Waals surface area (Å²) >= 11 is 0. The van der Waals surface area contributed by atoms with E-state index in [1.54, 1.807) is 0 Å². The smallest absolute Gasteiger partial charge is 0.161 e. The van der Waals surface area contributed by atoms with Crippen LogP contribution in [-0.2, 0) is 11.2 Å². The normalized spacial score (nSPS) is 10.6. The van der Waals surface area contributed by atoms with Crippen molar-refractivity contribution in [3.8, 4) is 0 Å². The number of rotatable bonds is 4. The van der Waals surface area contributed by atoms with Gasteiger partial charge in [0.25, 0.3) is 0 Å². The Bertz CT molecular complexity index is 467. The summed E-state index contributed by atoms with van der Waals surface area (Å²) in [4.78, 5) is 15.8. The summed E-state index contributed by atoms with van der Waals surface area (Å²) in [6.45, 7) is 9.30. The van der Waals surface area contributed by atoms with Crippen molar-refractivity contribution in [2.45, 2.75) is 33.1 Å². The molecule has 4 radical (unpaired) electrons. The zero-order valence-electron chi connectivity index (χ0n) is 10.6. The molecule has 0 aliphatic carbocycles. The van der Waals surface area contributed by atoms with Crippen molar-refractivity contribution < 1.29 is 4.79 Å². The van der Waals surface area contributed by atoms with Crippen LogP contribution in [0.3, 0.4) is 0 Å². The number of nitrogens with zero attached hydrogens (tertiary/aromatic N) is 1. The molecule has 0 aliphatic heterocycles. The highest BCUT2D eigenvalue weighted by atomic mass is 16.1. The fraction of sp³-hybridized carbons (Fsp3) is 0.385. The molecule has 0 aliphatic rings. The van der Waals surface area contributed by atoms with Gasteiger partial charge in [-0.3, -0.25) is 9.78 Å². The van der Waals surface area contributed by atoms with Crippen LogP contribution in [-0.4, -0.2) is 26.5 Å². The lowest BCUT2D eigenvalue weighted by Gasteiger charge is -2.17. The second kappa shape index (κ2) is 5.35. The van der Waals surface area contributed by atoms with Crippen molar-refractivity contribution in [3.63, 3.8) is 0 Å². The molecule has 0 amide bonds. The van der Waals surface area contributed by atoms with Gasteiger partial charge >= 0.3 is 0 Å². The Kier molecular flexibility index (Phi) is 4.33. The lowest BCUT2D eigenvalue weighted by molar-refractivity contribution is -0.114. The highest BCUT2D eigenvalue weighted by Gasteiger charge is 2.14. The first kappa shape index (κ1) is 13.8. The predicted molar refractivity (Wildman–Crippen MR) is 72.7 cm³/mol. The third-order valence-corrected chi connectivity index (χ3v) is 2.77. The Morgan fingerprint density at radius 1 is 1.41 bits per heavy atom. The van der Waals surface area contributed by atoms with Gasteiger partial charge in [0.15, 0.2) is 5.78 Å². The van der Waals surface area contributed by atoms with Gasteiger partial charge in [0, 0.05) is 11.4 Å². The van der Waals surface area contributed by atoms with Crippen molar-refractivity contribution in [2.24, 2.45) is 0 Å². The largest absolute Gasteiger partial charge is 0.294 e. The van der Waals surface area contributed by atoms with Crippen LogP contribution in [0.15, 0.2) is 12.7 Å². The maximum absolute atomic E-state index is 11.4. The van der Waals surface area contributed by atoms with E-state index in [2.05, 4.69) is 11.6 Å². The van der Waals surface area contributed by atoms with Crippen LogP contribution in [0.2, 0.25) is 0 Å². The molecule has 0 fully saturated rings. The number of hydrogen-bond donors (Lipinski definition) is 0. The van der Waals surface area contributed by atoms with Crippen molar-refractivity contribution >= 4 is 32.4 Å². The second-order valence-corrected chi connectivity index (χ2v) is 4.40. The van der Waals surface area contributed by atoms with Crippen molar-refractivity contribution in [2.75, 3.05) is 0 Å². The van der Waals surface area contributed by atoms with E-state index >= 15 is 0 Å². The Labute approximate surface area is 105 Å². The van der Waals surface area contributed by atoms with Crippen LogP contribution < -0.4 is 10.9 Å². The molecular formula is C13H15B2NO. The predicted octanol–water partition coefficient (Wildman–Crippen LogP) is 0.399. The maximum Gasteiger partial charge on any atom is 0.161 e. The Morgan fingerprint density at radius 2 is 2.00 bits per heavy atom. The Hall–Kier alpha value is -1.31. The molecule has 84 valence electrons. The van der Waals surface area contributed by atoms with E-state index < -0.39 is 0 Å². The van der Waals surface area contributed by atoms with Gasteiger partial charge in [-0.2, -0.15) is 0 Å². The first-order valence-corrected chi connectivity index (χ1v) is 5.58. The van der Waals surface area contributed by atoms with E-state index in [1.165, 1.54) is 6.08 Å². The molecule has 1 rings (SSSR count). The van der Waals surface area contributed by atoms with Crippen molar-refractivity contribution in [1.82, 2.24) is 4.98 Å². The molecular weight excluding hydrogens is 208 g/mol. The number of hydrogen-bond acceptors (Lipinski definition) is 2. The minimum atomic E-state index is -0.0944. The SMILES string of the molecule is [B]c1c(CC(=O)C=C)nc(C(C)C)c([B])c1C. The molecule has 0 unspecified atom stereocenters. The average molecular weight is 223 g/mol. The second-order valence-electron chi connectivity index (χ2n) is 4.40. The fourth-order valence-corrected chi connectivity index (χ4v) is 1.63. The number of allylic oxidation sites excluding steroid dienone is 1. The van der Waals surface area contributed by atoms with Crippen LogP contribution in [0.25, 0.3) is 0 Å². The molecule has 0 aromatic carbocycles. The van der Waals surface area contributed by atoms with E-state index in [0.29, 0.717) is 16.6 Å². The topological polar surface area (TPSA) is 30.0 Å². The highest BCUT2D eigenvalue weighted by molar-refractivity contribution is 6.40. The van der Waals surface area contributed by atoms with Gasteiger partial charge < -0.3 is 0 Å². The summed E-state index contributed by atoms with van der Waals surface area (Å²) < 4.78 is 0. The van der Waals surface area contributed by atoms with Gasteiger partial charge in [0.2, 0.25) is 0 Å². The summed E-state index contributed by atoms with van der Waals surface area (Å²) in [5, 5.41) is 0. The maximum atomic E-state index is 11.4. The molecule has 0 N–H and O–H groups in total. The van der Waals surface area contributed by atoms with Gasteiger partial charge in [-0.05, 0) is 18.9 Å². The zero-order valence-corrected chi connectivity index (χ0v) is 10.6. The minimum absolute atomic E-state index is 0.0944. The molecule has 4 heteroatoms. The molecule has 0 atom stereocenters. The van der Waals surface area contributed by atoms with Gasteiger partial charge in [-0.15, -0.1) is 0 Å². The molecule has 1 aromatic rings. The van der Waals surface area contributed by atoms with Gasteiger partial charge in [-0.1, -0.05) is 36.9 Å². The van der Waals surface area contributed by atoms with Gasteiger partial charge in [0.05, 0.1) is 6.42 Å². The minimum Gasteiger partial charge on any atom is -0.294 e. The van der Waals surface area contributed by atoms with Crippen molar-refractivity contribution in [3.05, 3.63) is 29.6 Å². The van der Waals surface area contributed by atoms with Crippen LogP contribution in [0.5, 0.6) is 0 Å². The molecule has 2 nitrogen and oxygen atoms in total. The summed E-state index contributed by atoms with van der Waals surface area (Å²) in [5.41, 5.74) is 3.30. The first-order chi connectivity index (χ1) is 7.88. The number of carbonyl (C=O) groups excluding carboxylic acids is 1. The number of carbonyl (C=O) groups is 1. The monoisotopic (exact) mass is 223 g/mol. The Balaban J connectivity index is 3.31. The highest BCUT2D eigenvalue weighted by Crippen LogP contribution is 2.10. The molecule has 0 saturated carbocycles. The molecule has 0 bridgehead atoms. The summed E-state index contributed by atoms with van der Waals surface area (Å²) in [5.74, 6) is 0.106. The average Bonchev–Trinajstić information content (AvgIpc) is 2.29. The van der Waals surface area contributed by atoms with Crippen LogP contribution in [0.1, 0.15) is 36.7 Å². The molecule has 0 saturated heterocycles. The number of pyridine rings is 1. The van der Waals surface area contributed by atoms with Crippen LogP contribution in [0, 0.1) is 6.92 Å². The van der Waals surface area contributed by atoms with E-state index in [4.69, 9.17) is 15.7 Å². The molecule has 17 heavy (non-hydrogen) atoms. The lowest BCUT2D eigenvalue weighted by Crippen LogP contribution is -2.31. The third kappa shape index (κ3) is 2.87. The van der Waals surface area contributed by atoms with Crippen molar-refractivity contribution in [1.29, 1.82) is 0 Å². The quantitative estimate of drug-likeness (QED) is 0.546. The Morgan fingerprint density at radius 3 is 2.47 bits per heavy atom. The van der Waals surface area contributed by atoms with E-state index in [-0.39, 0.29) is 18.1 Å². The summed E-state index contributed by atoms with van der Waals surface area (Å²) in [7, 11) is 11.9. The third-order valence-electron chi connectivity index (χ3n) is 2.77. The molecule has 1 aromatic heterocycles. The molecule has 1 heterocycles. The summed E-state index contributed by atoms with van der Waals surface area (Å²) in [6.07, 6.45) is 1.46. The standard InChI is InChI=1S/C13H15B2NO/c1-5-9(17)6-10-11(14)8(4)12(15)13(16-10)7(2)3/h5,7H,1,6H2,2-4H3. The van der Waals surface area contributed by atoms with E-state index in [1.807, 2.05) is 20.8 Å². The van der Waals surface area contributed by atoms with Gasteiger partial charge in [0.1, 0.15) is 15.7 Å². The summed E-state index contributed by atoms with van der Waals surface area (Å²) in [6, 6.07) is 0. The van der Waals surface area contributed by atoms with Crippen LogP contribution >= 0.6 is 0 Å². The van der Waals surface area contributed by atoms with Gasteiger partial charge in [-0.25, -0.2) is 0 Å².